The van der Waals surface area contributed by atoms with Crippen LogP contribution in [0.4, 0.5) is 5.69 Å². The molecule has 104 valence electrons. The molecule has 0 bridgehead atoms. The summed E-state index contributed by atoms with van der Waals surface area (Å²) >= 11 is 1.79. The van der Waals surface area contributed by atoms with Gasteiger partial charge < -0.3 is 9.73 Å². The van der Waals surface area contributed by atoms with Crippen molar-refractivity contribution >= 4 is 28.1 Å². The lowest BCUT2D eigenvalue weighted by Gasteiger charge is -2.14. The van der Waals surface area contributed by atoms with Crippen LogP contribution in [0.2, 0.25) is 0 Å². The van der Waals surface area contributed by atoms with Crippen LogP contribution >= 0.6 is 11.3 Å². The Morgan fingerprint density at radius 3 is 2.90 bits per heavy atom. The minimum absolute atomic E-state index is 0.296. The summed E-state index contributed by atoms with van der Waals surface area (Å²) < 4.78 is 5.63. The van der Waals surface area contributed by atoms with Crippen LogP contribution < -0.4 is 5.32 Å². The standard InChI is InChI=1S/C16H18N2OS/c1-4-15-18-13-9-12(5-6-14(13)19-15)17-11(3)16-10(2)7-8-20-16/h5-9,11,17H,4H2,1-3H3. The summed E-state index contributed by atoms with van der Waals surface area (Å²) in [4.78, 5) is 5.85. The molecule has 0 saturated heterocycles. The number of hydrogen-bond acceptors (Lipinski definition) is 4. The Bertz CT molecular complexity index is 729. The number of oxazole rings is 1. The van der Waals surface area contributed by atoms with Crippen LogP contribution in [0.25, 0.3) is 11.1 Å². The van der Waals surface area contributed by atoms with Crippen molar-refractivity contribution in [3.05, 3.63) is 46.0 Å². The zero-order chi connectivity index (χ0) is 14.1. The highest BCUT2D eigenvalue weighted by Gasteiger charge is 2.11. The molecule has 1 aromatic carbocycles. The van der Waals surface area contributed by atoms with Gasteiger partial charge in [-0.2, -0.15) is 0 Å². The number of nitrogens with zero attached hydrogens (tertiary/aromatic N) is 1. The summed E-state index contributed by atoms with van der Waals surface area (Å²) in [7, 11) is 0. The van der Waals surface area contributed by atoms with E-state index in [0.29, 0.717) is 6.04 Å². The molecule has 0 radical (unpaired) electrons. The second-order valence-corrected chi connectivity index (χ2v) is 5.93. The van der Waals surface area contributed by atoms with Crippen molar-refractivity contribution in [3.63, 3.8) is 0 Å². The predicted octanol–water partition coefficient (Wildman–Crippen LogP) is 4.93. The van der Waals surface area contributed by atoms with Crippen LogP contribution in [-0.2, 0) is 6.42 Å². The first-order valence-corrected chi connectivity index (χ1v) is 7.75. The summed E-state index contributed by atoms with van der Waals surface area (Å²) in [6, 6.07) is 8.54. The van der Waals surface area contributed by atoms with E-state index < -0.39 is 0 Å². The average Bonchev–Trinajstić information content (AvgIpc) is 3.03. The Morgan fingerprint density at radius 1 is 1.35 bits per heavy atom. The third-order valence-corrected chi connectivity index (χ3v) is 4.61. The van der Waals surface area contributed by atoms with E-state index in [4.69, 9.17) is 4.42 Å². The maximum absolute atomic E-state index is 5.63. The first kappa shape index (κ1) is 13.2. The van der Waals surface area contributed by atoms with E-state index in [1.165, 1.54) is 10.4 Å². The van der Waals surface area contributed by atoms with E-state index in [1.807, 2.05) is 19.1 Å². The molecule has 3 rings (SSSR count). The molecule has 0 saturated carbocycles. The van der Waals surface area contributed by atoms with Gasteiger partial charge in [0.05, 0.1) is 6.04 Å². The van der Waals surface area contributed by atoms with Gasteiger partial charge in [0.15, 0.2) is 11.5 Å². The van der Waals surface area contributed by atoms with Crippen LogP contribution in [0.3, 0.4) is 0 Å². The third-order valence-electron chi connectivity index (χ3n) is 3.41. The summed E-state index contributed by atoms with van der Waals surface area (Å²) in [6.45, 7) is 6.38. The number of benzene rings is 1. The lowest BCUT2D eigenvalue weighted by Crippen LogP contribution is -2.05. The summed E-state index contributed by atoms with van der Waals surface area (Å²) in [5, 5.41) is 5.67. The lowest BCUT2D eigenvalue weighted by atomic mass is 10.2. The number of aromatic nitrogens is 1. The normalized spacial score (nSPS) is 12.8. The Morgan fingerprint density at radius 2 is 2.20 bits per heavy atom. The van der Waals surface area contributed by atoms with Crippen molar-refractivity contribution in [3.8, 4) is 0 Å². The highest BCUT2D eigenvalue weighted by atomic mass is 32.1. The highest BCUT2D eigenvalue weighted by Crippen LogP contribution is 2.28. The topological polar surface area (TPSA) is 38.1 Å². The smallest absolute Gasteiger partial charge is 0.195 e. The zero-order valence-corrected chi connectivity index (χ0v) is 12.8. The molecule has 0 amide bonds. The van der Waals surface area contributed by atoms with Gasteiger partial charge in [-0.15, -0.1) is 11.3 Å². The molecule has 3 aromatic rings. The van der Waals surface area contributed by atoms with Crippen LogP contribution in [0.15, 0.2) is 34.1 Å². The maximum Gasteiger partial charge on any atom is 0.195 e. The van der Waals surface area contributed by atoms with Gasteiger partial charge in [0.2, 0.25) is 0 Å². The number of aryl methyl sites for hydroxylation is 2. The van der Waals surface area contributed by atoms with Crippen molar-refractivity contribution in [2.24, 2.45) is 0 Å². The van der Waals surface area contributed by atoms with E-state index in [1.54, 1.807) is 11.3 Å². The molecule has 1 unspecified atom stereocenters. The number of hydrogen-bond donors (Lipinski definition) is 1. The number of fused-ring (bicyclic) bond motifs is 1. The van der Waals surface area contributed by atoms with Gasteiger partial charge in [-0.1, -0.05) is 6.92 Å². The minimum atomic E-state index is 0.296. The van der Waals surface area contributed by atoms with Crippen LogP contribution in [0.5, 0.6) is 0 Å². The van der Waals surface area contributed by atoms with Gasteiger partial charge in [-0.25, -0.2) is 4.98 Å². The summed E-state index contributed by atoms with van der Waals surface area (Å²) in [5.41, 5.74) is 4.19. The third kappa shape index (κ3) is 2.43. The number of thiophene rings is 1. The van der Waals surface area contributed by atoms with Crippen molar-refractivity contribution < 1.29 is 4.42 Å². The molecule has 1 N–H and O–H groups in total. The molecule has 4 heteroatoms. The Hall–Kier alpha value is -1.81. The molecule has 0 spiro atoms. The maximum atomic E-state index is 5.63. The first-order chi connectivity index (χ1) is 9.67. The van der Waals surface area contributed by atoms with E-state index >= 15 is 0 Å². The van der Waals surface area contributed by atoms with Crippen molar-refractivity contribution in [1.29, 1.82) is 0 Å². The molecule has 0 aliphatic carbocycles. The number of anilines is 1. The van der Waals surface area contributed by atoms with Gasteiger partial charge in [-0.05, 0) is 49.1 Å². The zero-order valence-electron chi connectivity index (χ0n) is 11.9. The fraction of sp³-hybridized carbons (Fsp3) is 0.312. The molecule has 1 atom stereocenters. The first-order valence-electron chi connectivity index (χ1n) is 6.87. The Kier molecular flexibility index (Phi) is 3.49. The van der Waals surface area contributed by atoms with Crippen molar-refractivity contribution in [2.45, 2.75) is 33.2 Å². The predicted molar refractivity (Wildman–Crippen MR) is 84.5 cm³/mol. The summed E-state index contributed by atoms with van der Waals surface area (Å²) in [6.07, 6.45) is 0.822. The molecule has 0 aliphatic rings. The van der Waals surface area contributed by atoms with Crippen LogP contribution in [0.1, 0.15) is 36.2 Å². The van der Waals surface area contributed by atoms with Gasteiger partial charge in [0.25, 0.3) is 0 Å². The molecule has 2 aromatic heterocycles. The minimum Gasteiger partial charge on any atom is -0.441 e. The van der Waals surface area contributed by atoms with Gasteiger partial charge in [0.1, 0.15) is 5.52 Å². The molecule has 2 heterocycles. The molecule has 0 fully saturated rings. The molecule has 3 nitrogen and oxygen atoms in total. The van der Waals surface area contributed by atoms with E-state index in [0.717, 1.165) is 29.1 Å². The highest BCUT2D eigenvalue weighted by molar-refractivity contribution is 7.10. The van der Waals surface area contributed by atoms with Crippen LogP contribution in [-0.4, -0.2) is 4.98 Å². The van der Waals surface area contributed by atoms with Crippen molar-refractivity contribution in [2.75, 3.05) is 5.32 Å². The Labute approximate surface area is 122 Å². The molecule has 0 aliphatic heterocycles. The van der Waals surface area contributed by atoms with E-state index in [2.05, 4.69) is 41.7 Å². The van der Waals surface area contributed by atoms with Gasteiger partial charge in [-0.3, -0.25) is 0 Å². The molecular weight excluding hydrogens is 268 g/mol. The Balaban J connectivity index is 1.85. The second kappa shape index (κ2) is 5.29. The van der Waals surface area contributed by atoms with Crippen molar-refractivity contribution in [1.82, 2.24) is 4.98 Å². The van der Waals surface area contributed by atoms with E-state index in [-0.39, 0.29) is 0 Å². The monoisotopic (exact) mass is 286 g/mol. The number of rotatable bonds is 4. The second-order valence-electron chi connectivity index (χ2n) is 4.98. The fourth-order valence-electron chi connectivity index (χ4n) is 2.36. The van der Waals surface area contributed by atoms with Crippen LogP contribution in [0, 0.1) is 6.92 Å². The lowest BCUT2D eigenvalue weighted by molar-refractivity contribution is 0.538. The van der Waals surface area contributed by atoms with E-state index in [9.17, 15) is 0 Å². The molecular formula is C16H18N2OS. The number of nitrogens with one attached hydrogen (secondary N) is 1. The van der Waals surface area contributed by atoms with Gasteiger partial charge >= 0.3 is 0 Å². The quantitative estimate of drug-likeness (QED) is 0.738. The fourth-order valence-corrected chi connectivity index (χ4v) is 3.30. The molecule has 20 heavy (non-hydrogen) atoms. The average molecular weight is 286 g/mol. The van der Waals surface area contributed by atoms with Gasteiger partial charge in [0, 0.05) is 17.0 Å². The summed E-state index contributed by atoms with van der Waals surface area (Å²) in [5.74, 6) is 0.791. The SMILES string of the molecule is CCc1nc2cc(NC(C)c3sccc3C)ccc2o1. The largest absolute Gasteiger partial charge is 0.441 e.